The second-order valence-electron chi connectivity index (χ2n) is 19.7. The lowest BCUT2D eigenvalue weighted by molar-refractivity contribution is -0.870. The Labute approximate surface area is 430 Å². The van der Waals surface area contributed by atoms with Gasteiger partial charge in [0, 0.05) is 12.8 Å². The van der Waals surface area contributed by atoms with Gasteiger partial charge in [-0.25, -0.2) is 4.57 Å². The third-order valence-electron chi connectivity index (χ3n) is 11.8. The molecule has 0 saturated heterocycles. The highest BCUT2D eigenvalue weighted by atomic mass is 31.2. The SMILES string of the molecule is CC/C=C\C/C=C\C/C=C\C/C=C\C/C=C\C/C=C\CCCCC(=O)OC(/C=C\CCCCCCCCCCCC)C(COP(=O)(O)OCC[N+](C)(C)C)NC(=O)CCCCCCC/C=C\CCCC. The summed E-state index contributed by atoms with van der Waals surface area (Å²) in [6, 6.07) is -0.874. The second-order valence-corrected chi connectivity index (χ2v) is 21.2. The molecule has 0 fully saturated rings. The molecule has 1 amide bonds. The second kappa shape index (κ2) is 49.5. The third-order valence-corrected chi connectivity index (χ3v) is 12.7. The minimum atomic E-state index is -4.46. The Bertz CT molecular complexity index is 1520. The molecule has 70 heavy (non-hydrogen) atoms. The van der Waals surface area contributed by atoms with Gasteiger partial charge in [-0.2, -0.15) is 0 Å². The Morgan fingerprint density at radius 3 is 1.44 bits per heavy atom. The van der Waals surface area contributed by atoms with Gasteiger partial charge < -0.3 is 19.4 Å². The van der Waals surface area contributed by atoms with Gasteiger partial charge in [-0.05, 0) is 102 Å². The van der Waals surface area contributed by atoms with Crippen LogP contribution in [0.2, 0.25) is 0 Å². The maximum atomic E-state index is 13.4. The maximum Gasteiger partial charge on any atom is 0.472 e. The van der Waals surface area contributed by atoms with E-state index >= 15 is 0 Å². The minimum Gasteiger partial charge on any atom is -0.456 e. The molecule has 2 N–H and O–H groups in total. The van der Waals surface area contributed by atoms with Gasteiger partial charge in [-0.3, -0.25) is 18.6 Å². The normalized spacial score (nSPS) is 14.6. The molecular formula is C60H106N2O7P+. The van der Waals surface area contributed by atoms with Crippen molar-refractivity contribution in [1.29, 1.82) is 0 Å². The molecular weight excluding hydrogens is 892 g/mol. The molecule has 3 atom stereocenters. The average Bonchev–Trinajstić information content (AvgIpc) is 3.32. The fourth-order valence-corrected chi connectivity index (χ4v) is 8.13. The number of hydrogen-bond donors (Lipinski definition) is 2. The molecule has 0 aromatic heterocycles. The zero-order valence-electron chi connectivity index (χ0n) is 45.7. The highest BCUT2D eigenvalue weighted by Gasteiger charge is 2.30. The molecule has 0 aliphatic carbocycles. The standard InChI is InChI=1S/C60H105N2O7P/c1-7-10-13-16-19-22-25-27-28-29-30-31-32-33-34-35-38-41-44-47-50-53-60(64)69-58(51-48-45-42-39-37-26-23-20-17-14-11-8-2)57(56-68-70(65,66)67-55-54-62(4,5)6)61-59(63)52-49-46-43-40-36-24-21-18-15-12-9-3/h10,13,18-19,21-22,27-28,30-31,33-34,38,41,48,51,57-58H,7-9,11-12,14-17,20,23-26,29,32,35-37,39-40,42-47,49-50,52-56H2,1-6H3,(H-,61,63,65,66)/p+1/b13-10-,21-18-,22-19-,28-27-,31-30-,34-33-,41-38-,51-48-. The van der Waals surface area contributed by atoms with E-state index in [0.29, 0.717) is 23.9 Å². The lowest BCUT2D eigenvalue weighted by Gasteiger charge is -2.27. The molecule has 0 aromatic rings. The van der Waals surface area contributed by atoms with E-state index < -0.39 is 20.0 Å². The van der Waals surface area contributed by atoms with Crippen LogP contribution >= 0.6 is 7.82 Å². The number of quaternary nitrogens is 1. The van der Waals surface area contributed by atoms with Crippen LogP contribution in [0.4, 0.5) is 0 Å². The maximum absolute atomic E-state index is 13.4. The molecule has 0 spiro atoms. The predicted octanol–water partition coefficient (Wildman–Crippen LogP) is 16.8. The Morgan fingerprint density at radius 1 is 0.514 bits per heavy atom. The summed E-state index contributed by atoms with van der Waals surface area (Å²) in [5, 5.41) is 3.02. The molecule has 0 rings (SSSR count). The number of hydrogen-bond acceptors (Lipinski definition) is 6. The van der Waals surface area contributed by atoms with E-state index in [-0.39, 0.29) is 31.5 Å². The first-order valence-corrected chi connectivity index (χ1v) is 29.6. The number of nitrogens with one attached hydrogen (secondary N) is 1. The van der Waals surface area contributed by atoms with Gasteiger partial charge in [0.2, 0.25) is 5.91 Å². The van der Waals surface area contributed by atoms with Crippen LogP contribution in [0.5, 0.6) is 0 Å². The minimum absolute atomic E-state index is 0.0270. The average molecular weight is 998 g/mol. The molecule has 10 heteroatoms. The largest absolute Gasteiger partial charge is 0.472 e. The van der Waals surface area contributed by atoms with Crippen LogP contribution in [0.25, 0.3) is 0 Å². The van der Waals surface area contributed by atoms with E-state index in [2.05, 4.69) is 111 Å². The lowest BCUT2D eigenvalue weighted by atomic mass is 10.0. The van der Waals surface area contributed by atoms with Crippen molar-refractivity contribution in [2.75, 3.05) is 40.9 Å². The number of phosphoric ester groups is 1. The van der Waals surface area contributed by atoms with Crippen LogP contribution in [0.15, 0.2) is 97.2 Å². The highest BCUT2D eigenvalue weighted by Crippen LogP contribution is 2.43. The van der Waals surface area contributed by atoms with E-state index in [1.165, 1.54) is 64.2 Å². The van der Waals surface area contributed by atoms with Gasteiger partial charge in [0.1, 0.15) is 19.3 Å². The number of unbranched alkanes of at least 4 members (excludes halogenated alkanes) is 19. The molecule has 0 bridgehead atoms. The summed E-state index contributed by atoms with van der Waals surface area (Å²) < 4.78 is 30.5. The number of carbonyl (C=O) groups excluding carboxylic acids is 2. The van der Waals surface area contributed by atoms with Crippen LogP contribution in [0, 0.1) is 0 Å². The Hall–Kier alpha value is -3.07. The fraction of sp³-hybridized carbons (Fsp3) is 0.700. The summed E-state index contributed by atoms with van der Waals surface area (Å²) in [5.74, 6) is -0.575. The van der Waals surface area contributed by atoms with E-state index in [4.69, 9.17) is 13.8 Å². The quantitative estimate of drug-likeness (QED) is 0.0205. The molecule has 0 aliphatic rings. The number of likely N-dealkylation sites (N-methyl/N-ethyl adjacent to an activating group) is 1. The fourth-order valence-electron chi connectivity index (χ4n) is 7.39. The van der Waals surface area contributed by atoms with Gasteiger partial charge >= 0.3 is 13.8 Å². The summed E-state index contributed by atoms with van der Waals surface area (Å²) in [4.78, 5) is 37.5. The number of ether oxygens (including phenoxy) is 1. The number of amides is 1. The highest BCUT2D eigenvalue weighted by molar-refractivity contribution is 7.47. The van der Waals surface area contributed by atoms with Crippen molar-refractivity contribution in [1.82, 2.24) is 5.32 Å². The number of carbonyl (C=O) groups is 2. The van der Waals surface area contributed by atoms with E-state index in [1.807, 2.05) is 33.3 Å². The van der Waals surface area contributed by atoms with Crippen molar-refractivity contribution < 1.29 is 37.3 Å². The molecule has 3 unspecified atom stereocenters. The van der Waals surface area contributed by atoms with Gasteiger partial charge in [0.15, 0.2) is 0 Å². The van der Waals surface area contributed by atoms with Gasteiger partial charge in [0.05, 0.1) is 33.8 Å². The molecule has 9 nitrogen and oxygen atoms in total. The lowest BCUT2D eigenvalue weighted by Crippen LogP contribution is -2.47. The predicted molar refractivity (Wildman–Crippen MR) is 300 cm³/mol. The molecule has 0 saturated carbocycles. The Kier molecular flexibility index (Phi) is 47.3. The van der Waals surface area contributed by atoms with Crippen molar-refractivity contribution in [3.63, 3.8) is 0 Å². The number of nitrogens with zero attached hydrogens (tertiary/aromatic N) is 1. The third kappa shape index (κ3) is 49.9. The van der Waals surface area contributed by atoms with Crippen molar-refractivity contribution >= 4 is 19.7 Å². The molecule has 402 valence electrons. The zero-order valence-corrected chi connectivity index (χ0v) is 46.6. The van der Waals surface area contributed by atoms with Crippen LogP contribution in [-0.2, 0) is 27.9 Å². The summed E-state index contributed by atoms with van der Waals surface area (Å²) in [5.41, 5.74) is 0. The molecule has 0 aliphatic heterocycles. The first-order chi connectivity index (χ1) is 33.9. The van der Waals surface area contributed by atoms with Gasteiger partial charge in [-0.15, -0.1) is 0 Å². The van der Waals surface area contributed by atoms with E-state index in [9.17, 15) is 19.0 Å². The number of allylic oxidation sites excluding steroid dienone is 15. The van der Waals surface area contributed by atoms with Gasteiger partial charge in [-0.1, -0.05) is 202 Å². The zero-order chi connectivity index (χ0) is 51.5. The monoisotopic (exact) mass is 998 g/mol. The first kappa shape index (κ1) is 66.9. The molecule has 0 radical (unpaired) electrons. The molecule has 0 aromatic carbocycles. The van der Waals surface area contributed by atoms with E-state index in [1.54, 1.807) is 0 Å². The summed E-state index contributed by atoms with van der Waals surface area (Å²) in [6.45, 7) is 6.80. The first-order valence-electron chi connectivity index (χ1n) is 28.1. The number of esters is 1. The smallest absolute Gasteiger partial charge is 0.456 e. The topological polar surface area (TPSA) is 111 Å². The van der Waals surface area contributed by atoms with Crippen LogP contribution in [0.1, 0.15) is 220 Å². The number of rotatable bonds is 49. The van der Waals surface area contributed by atoms with Crippen LogP contribution < -0.4 is 5.32 Å². The summed E-state index contributed by atoms with van der Waals surface area (Å²) in [7, 11) is 1.45. The summed E-state index contributed by atoms with van der Waals surface area (Å²) >= 11 is 0. The van der Waals surface area contributed by atoms with Crippen molar-refractivity contribution in [3.8, 4) is 0 Å². The van der Waals surface area contributed by atoms with Crippen molar-refractivity contribution in [3.05, 3.63) is 97.2 Å². The molecule has 0 heterocycles. The van der Waals surface area contributed by atoms with Crippen LogP contribution in [-0.4, -0.2) is 74.3 Å². The van der Waals surface area contributed by atoms with Gasteiger partial charge in [0.25, 0.3) is 0 Å². The number of phosphoric acid groups is 1. The van der Waals surface area contributed by atoms with Crippen LogP contribution in [0.3, 0.4) is 0 Å². The van der Waals surface area contributed by atoms with Crippen molar-refractivity contribution in [2.45, 2.75) is 232 Å². The summed E-state index contributed by atoms with van der Waals surface area (Å²) in [6.07, 6.45) is 65.5. The Balaban J connectivity index is 5.41. The van der Waals surface area contributed by atoms with Crippen molar-refractivity contribution in [2.24, 2.45) is 0 Å². The van der Waals surface area contributed by atoms with E-state index in [0.717, 1.165) is 116 Å². The Morgan fingerprint density at radius 2 is 0.929 bits per heavy atom.